The van der Waals surface area contributed by atoms with Crippen LogP contribution in [0, 0.1) is 0 Å². The maximum Gasteiger partial charge on any atom is 0.177 e. The zero-order valence-electron chi connectivity index (χ0n) is 9.30. The number of phenolic OH excluding ortho intramolecular Hbond substituents is 1. The van der Waals surface area contributed by atoms with E-state index in [2.05, 4.69) is 18.0 Å². The van der Waals surface area contributed by atoms with Crippen LogP contribution in [0.25, 0.3) is 0 Å². The van der Waals surface area contributed by atoms with Crippen molar-refractivity contribution in [2.75, 3.05) is 11.9 Å². The number of hydrogen-bond donors (Lipinski definition) is 3. The Morgan fingerprint density at radius 2 is 2.00 bits per heavy atom. The van der Waals surface area contributed by atoms with E-state index >= 15 is 0 Å². The van der Waals surface area contributed by atoms with Gasteiger partial charge in [0.15, 0.2) is 11.4 Å². The summed E-state index contributed by atoms with van der Waals surface area (Å²) in [7, 11) is 0. The molecule has 0 aliphatic heterocycles. The molecule has 0 fully saturated rings. The van der Waals surface area contributed by atoms with Gasteiger partial charge < -0.3 is 16.2 Å². The Balaban J connectivity index is 0.000000791. The lowest BCUT2D eigenvalue weighted by Gasteiger charge is -2.04. The first-order chi connectivity index (χ1) is 6.74. The zero-order valence-corrected chi connectivity index (χ0v) is 9.30. The summed E-state index contributed by atoms with van der Waals surface area (Å²) >= 11 is 0. The van der Waals surface area contributed by atoms with E-state index in [0.29, 0.717) is 5.69 Å². The third kappa shape index (κ3) is 4.14. The molecule has 0 aliphatic rings. The minimum atomic E-state index is 0.247. The van der Waals surface area contributed by atoms with Crippen LogP contribution in [-0.4, -0.2) is 11.7 Å². The van der Waals surface area contributed by atoms with Crippen LogP contribution in [0.5, 0.6) is 5.75 Å². The number of aromatic hydroxyl groups is 1. The van der Waals surface area contributed by atoms with Crippen LogP contribution < -0.4 is 11.1 Å². The molecule has 80 valence electrons. The molecular weight excluding hydrogens is 176 g/mol. The van der Waals surface area contributed by atoms with Gasteiger partial charge in [0.05, 0.1) is 0 Å². The molecule has 0 aliphatic carbocycles. The van der Waals surface area contributed by atoms with Crippen molar-refractivity contribution in [3.05, 3.63) is 18.2 Å². The summed E-state index contributed by atoms with van der Waals surface area (Å²) < 4.78 is 0. The second-order valence-corrected chi connectivity index (χ2v) is 2.77. The standard InChI is InChI=1S/C9H14N2O.C2H6/c1-2-5-11-7-3-4-9(12)8(10)6-7;1-2/h3-4,6,11-12H,2,5,10H2,1H3;1-2H3/p+1. The largest absolute Gasteiger partial charge is 0.503 e. The van der Waals surface area contributed by atoms with Crippen LogP contribution >= 0.6 is 0 Å². The fourth-order valence-electron chi connectivity index (χ4n) is 0.965. The number of anilines is 1. The maximum atomic E-state index is 9.18. The van der Waals surface area contributed by atoms with Crippen LogP contribution in [0.4, 0.5) is 11.4 Å². The molecule has 0 radical (unpaired) electrons. The van der Waals surface area contributed by atoms with E-state index in [9.17, 15) is 5.11 Å². The first kappa shape index (κ1) is 12.8. The zero-order chi connectivity index (χ0) is 11.0. The number of rotatable bonds is 3. The Bertz CT molecular complexity index is 261. The molecule has 0 heterocycles. The molecule has 5 N–H and O–H groups in total. The van der Waals surface area contributed by atoms with E-state index in [0.717, 1.165) is 18.7 Å². The average molecular weight is 197 g/mol. The van der Waals surface area contributed by atoms with E-state index < -0.39 is 0 Å². The van der Waals surface area contributed by atoms with Crippen LogP contribution in [-0.2, 0) is 0 Å². The minimum Gasteiger partial charge on any atom is -0.503 e. The van der Waals surface area contributed by atoms with Crippen LogP contribution in [0.2, 0.25) is 0 Å². The lowest BCUT2D eigenvalue weighted by molar-refractivity contribution is -0.256. The van der Waals surface area contributed by atoms with Crippen molar-refractivity contribution in [3.8, 4) is 5.75 Å². The quantitative estimate of drug-likeness (QED) is 0.650. The summed E-state index contributed by atoms with van der Waals surface area (Å²) in [5.74, 6) is 0.247. The highest BCUT2D eigenvalue weighted by atomic mass is 16.3. The Kier molecular flexibility index (Phi) is 6.58. The summed E-state index contributed by atoms with van der Waals surface area (Å²) in [6, 6.07) is 5.34. The highest BCUT2D eigenvalue weighted by Crippen LogP contribution is 2.21. The van der Waals surface area contributed by atoms with E-state index in [1.807, 2.05) is 26.0 Å². The molecule has 14 heavy (non-hydrogen) atoms. The average Bonchev–Trinajstić information content (AvgIpc) is 2.23. The second-order valence-electron chi connectivity index (χ2n) is 2.77. The van der Waals surface area contributed by atoms with E-state index in [1.54, 1.807) is 6.07 Å². The SMILES string of the molecule is CC.CCCNc1ccc(O)c([NH3+])c1. The van der Waals surface area contributed by atoms with Gasteiger partial charge in [0.2, 0.25) is 0 Å². The highest BCUT2D eigenvalue weighted by Gasteiger charge is 2.00. The Morgan fingerprint density at radius 3 is 2.50 bits per heavy atom. The molecule has 0 bridgehead atoms. The Morgan fingerprint density at radius 1 is 1.36 bits per heavy atom. The van der Waals surface area contributed by atoms with Crippen molar-refractivity contribution in [1.82, 2.24) is 0 Å². The van der Waals surface area contributed by atoms with Gasteiger partial charge in [0.25, 0.3) is 0 Å². The Labute approximate surface area is 85.9 Å². The fraction of sp³-hybridized carbons (Fsp3) is 0.455. The fourth-order valence-corrected chi connectivity index (χ4v) is 0.965. The topological polar surface area (TPSA) is 59.9 Å². The molecule has 0 unspecified atom stereocenters. The van der Waals surface area contributed by atoms with Crippen molar-refractivity contribution in [1.29, 1.82) is 0 Å². The van der Waals surface area contributed by atoms with E-state index in [-0.39, 0.29) is 5.75 Å². The van der Waals surface area contributed by atoms with Crippen LogP contribution in [0.1, 0.15) is 27.2 Å². The number of hydrogen-bond acceptors (Lipinski definition) is 2. The van der Waals surface area contributed by atoms with Crippen molar-refractivity contribution in [3.63, 3.8) is 0 Å². The Hall–Kier alpha value is -1.22. The lowest BCUT2D eigenvalue weighted by Crippen LogP contribution is -2.40. The first-order valence-electron chi connectivity index (χ1n) is 5.13. The van der Waals surface area contributed by atoms with Crippen molar-refractivity contribution in [2.45, 2.75) is 27.2 Å². The van der Waals surface area contributed by atoms with Gasteiger partial charge in [-0.15, -0.1) is 0 Å². The van der Waals surface area contributed by atoms with Gasteiger partial charge in [-0.2, -0.15) is 0 Å². The monoisotopic (exact) mass is 197 g/mol. The van der Waals surface area contributed by atoms with Gasteiger partial charge in [-0.3, -0.25) is 0 Å². The summed E-state index contributed by atoms with van der Waals surface area (Å²) in [6.45, 7) is 7.06. The smallest absolute Gasteiger partial charge is 0.177 e. The first-order valence-corrected chi connectivity index (χ1v) is 5.13. The number of quaternary nitrogens is 1. The molecule has 0 saturated carbocycles. The summed E-state index contributed by atoms with van der Waals surface area (Å²) in [5, 5.41) is 12.4. The number of phenols is 1. The molecule has 3 nitrogen and oxygen atoms in total. The third-order valence-electron chi connectivity index (χ3n) is 1.66. The van der Waals surface area contributed by atoms with Gasteiger partial charge in [0.1, 0.15) is 0 Å². The minimum absolute atomic E-state index is 0.247. The molecule has 0 spiro atoms. The molecule has 0 amide bonds. The molecule has 1 rings (SSSR count). The van der Waals surface area contributed by atoms with Crippen LogP contribution in [0.15, 0.2) is 18.2 Å². The third-order valence-corrected chi connectivity index (χ3v) is 1.66. The molecule has 1 aromatic carbocycles. The van der Waals surface area contributed by atoms with Crippen molar-refractivity contribution >= 4 is 11.4 Å². The van der Waals surface area contributed by atoms with Gasteiger partial charge >= 0.3 is 0 Å². The molecular formula is C11H21N2O+. The molecule has 3 heteroatoms. The summed E-state index contributed by atoms with van der Waals surface area (Å²) in [5.41, 5.74) is 5.38. The summed E-state index contributed by atoms with van der Waals surface area (Å²) in [4.78, 5) is 0. The predicted molar refractivity (Wildman–Crippen MR) is 60.8 cm³/mol. The van der Waals surface area contributed by atoms with Crippen molar-refractivity contribution < 1.29 is 10.8 Å². The van der Waals surface area contributed by atoms with Gasteiger partial charge in [-0.05, 0) is 18.6 Å². The van der Waals surface area contributed by atoms with E-state index in [4.69, 9.17) is 0 Å². The summed E-state index contributed by atoms with van der Waals surface area (Å²) in [6.07, 6.45) is 1.09. The van der Waals surface area contributed by atoms with Crippen LogP contribution in [0.3, 0.4) is 0 Å². The van der Waals surface area contributed by atoms with Gasteiger partial charge in [0, 0.05) is 18.3 Å². The number of benzene rings is 1. The molecule has 1 aromatic rings. The van der Waals surface area contributed by atoms with Crippen molar-refractivity contribution in [2.24, 2.45) is 0 Å². The predicted octanol–water partition coefficient (Wildman–Crippen LogP) is 2.11. The van der Waals surface area contributed by atoms with Gasteiger partial charge in [-0.1, -0.05) is 20.8 Å². The maximum absolute atomic E-state index is 9.18. The highest BCUT2D eigenvalue weighted by molar-refractivity contribution is 5.56. The van der Waals surface area contributed by atoms with Gasteiger partial charge in [-0.25, -0.2) is 0 Å². The molecule has 0 atom stereocenters. The molecule has 0 aromatic heterocycles. The van der Waals surface area contributed by atoms with E-state index in [1.165, 1.54) is 0 Å². The normalized spacial score (nSPS) is 8.86. The molecule has 0 saturated heterocycles. The lowest BCUT2D eigenvalue weighted by atomic mass is 10.2. The second kappa shape index (κ2) is 7.21. The number of nitrogens with one attached hydrogen (secondary N) is 1.